The molecular formula is C16H8Cl2F3N3O2. The third-order valence-corrected chi connectivity index (χ3v) is 3.45. The normalized spacial score (nSPS) is 11.3. The standard InChI is InChI=1S/C16H8Cl2F3N3O2/c17-12-8-23-15(18)24-14(12)26-11-4-2-10(3-5-11)25-13-6-1-9(7-22-13)16(19,20)21/h1-8H. The van der Waals surface area contributed by atoms with Crippen LogP contribution in [0.4, 0.5) is 13.2 Å². The lowest BCUT2D eigenvalue weighted by Gasteiger charge is -2.09. The van der Waals surface area contributed by atoms with E-state index in [9.17, 15) is 13.2 Å². The Bertz CT molecular complexity index is 904. The van der Waals surface area contributed by atoms with Gasteiger partial charge >= 0.3 is 6.18 Å². The lowest BCUT2D eigenvalue weighted by Crippen LogP contribution is -2.05. The number of alkyl halides is 3. The number of aromatic nitrogens is 3. The van der Waals surface area contributed by atoms with Gasteiger partial charge in [-0.3, -0.25) is 0 Å². The van der Waals surface area contributed by atoms with Crippen molar-refractivity contribution in [3.05, 3.63) is 64.7 Å². The minimum Gasteiger partial charge on any atom is -0.439 e. The van der Waals surface area contributed by atoms with E-state index in [0.717, 1.165) is 12.1 Å². The molecule has 3 rings (SSSR count). The molecule has 0 bridgehead atoms. The van der Waals surface area contributed by atoms with Crippen molar-refractivity contribution >= 4 is 23.2 Å². The molecule has 0 radical (unpaired) electrons. The van der Waals surface area contributed by atoms with Crippen LogP contribution in [0.5, 0.6) is 23.3 Å². The zero-order valence-corrected chi connectivity index (χ0v) is 14.2. The van der Waals surface area contributed by atoms with Gasteiger partial charge in [0.25, 0.3) is 0 Å². The van der Waals surface area contributed by atoms with Crippen LogP contribution in [0, 0.1) is 0 Å². The van der Waals surface area contributed by atoms with E-state index in [1.54, 1.807) is 24.3 Å². The first-order valence-electron chi connectivity index (χ1n) is 6.98. The predicted octanol–water partition coefficient (Wildman–Crippen LogP) is 5.78. The number of halogens is 5. The van der Waals surface area contributed by atoms with Crippen LogP contribution in [0.1, 0.15) is 5.56 Å². The van der Waals surface area contributed by atoms with E-state index < -0.39 is 11.7 Å². The molecule has 3 aromatic rings. The van der Waals surface area contributed by atoms with Crippen molar-refractivity contribution < 1.29 is 22.6 Å². The van der Waals surface area contributed by atoms with Gasteiger partial charge < -0.3 is 9.47 Å². The molecule has 0 saturated carbocycles. The first kappa shape index (κ1) is 18.2. The first-order chi connectivity index (χ1) is 12.3. The predicted molar refractivity (Wildman–Crippen MR) is 87.9 cm³/mol. The highest BCUT2D eigenvalue weighted by molar-refractivity contribution is 6.32. The third kappa shape index (κ3) is 4.53. The fourth-order valence-electron chi connectivity index (χ4n) is 1.82. The number of ether oxygens (including phenoxy) is 2. The van der Waals surface area contributed by atoms with Crippen molar-refractivity contribution in [2.45, 2.75) is 6.18 Å². The van der Waals surface area contributed by atoms with Gasteiger partial charge in [0.05, 0.1) is 11.8 Å². The van der Waals surface area contributed by atoms with E-state index in [1.165, 1.54) is 6.20 Å². The zero-order chi connectivity index (χ0) is 18.7. The van der Waals surface area contributed by atoms with Crippen molar-refractivity contribution in [1.29, 1.82) is 0 Å². The number of nitrogens with zero attached hydrogens (tertiary/aromatic N) is 3. The second kappa shape index (κ2) is 7.35. The minimum absolute atomic E-state index is 0.0160. The van der Waals surface area contributed by atoms with Crippen LogP contribution in [0.3, 0.4) is 0 Å². The Balaban J connectivity index is 1.69. The topological polar surface area (TPSA) is 57.1 Å². The van der Waals surface area contributed by atoms with Crippen LogP contribution < -0.4 is 9.47 Å². The van der Waals surface area contributed by atoms with Gasteiger partial charge in [-0.25, -0.2) is 9.97 Å². The Morgan fingerprint density at radius 1 is 0.808 bits per heavy atom. The fourth-order valence-corrected chi connectivity index (χ4v) is 2.07. The highest BCUT2D eigenvalue weighted by Crippen LogP contribution is 2.31. The summed E-state index contributed by atoms with van der Waals surface area (Å²) in [7, 11) is 0. The molecule has 0 unspecified atom stereocenters. The summed E-state index contributed by atoms with van der Waals surface area (Å²) in [5.41, 5.74) is -0.853. The Morgan fingerprint density at radius 3 is 2.04 bits per heavy atom. The van der Waals surface area contributed by atoms with E-state index in [1.807, 2.05) is 0 Å². The average Bonchev–Trinajstić information content (AvgIpc) is 2.59. The average molecular weight is 402 g/mol. The molecule has 5 nitrogen and oxygen atoms in total. The van der Waals surface area contributed by atoms with Crippen LogP contribution in [0.2, 0.25) is 10.3 Å². The molecule has 0 amide bonds. The van der Waals surface area contributed by atoms with E-state index in [0.29, 0.717) is 17.7 Å². The van der Waals surface area contributed by atoms with Crippen molar-refractivity contribution in [2.24, 2.45) is 0 Å². The van der Waals surface area contributed by atoms with Gasteiger partial charge in [-0.15, -0.1) is 0 Å². The minimum atomic E-state index is -4.45. The second-order valence-corrected chi connectivity index (χ2v) is 5.60. The van der Waals surface area contributed by atoms with Gasteiger partial charge in [0.2, 0.25) is 17.0 Å². The Labute approximate surface area is 155 Å². The lowest BCUT2D eigenvalue weighted by molar-refractivity contribution is -0.137. The maximum Gasteiger partial charge on any atom is 0.417 e. The van der Waals surface area contributed by atoms with Gasteiger partial charge in [0.1, 0.15) is 16.5 Å². The van der Waals surface area contributed by atoms with Gasteiger partial charge in [-0.2, -0.15) is 18.2 Å². The molecule has 10 heteroatoms. The highest BCUT2D eigenvalue weighted by atomic mass is 35.5. The number of hydrogen-bond acceptors (Lipinski definition) is 5. The molecule has 134 valence electrons. The van der Waals surface area contributed by atoms with Crippen LogP contribution in [0.15, 0.2) is 48.8 Å². The second-order valence-electron chi connectivity index (χ2n) is 4.85. The molecule has 26 heavy (non-hydrogen) atoms. The largest absolute Gasteiger partial charge is 0.439 e. The van der Waals surface area contributed by atoms with Crippen molar-refractivity contribution in [3.8, 4) is 23.3 Å². The van der Waals surface area contributed by atoms with E-state index in [-0.39, 0.29) is 22.1 Å². The highest BCUT2D eigenvalue weighted by Gasteiger charge is 2.30. The number of hydrogen-bond donors (Lipinski definition) is 0. The maximum absolute atomic E-state index is 12.5. The molecule has 0 aliphatic heterocycles. The van der Waals surface area contributed by atoms with E-state index >= 15 is 0 Å². The molecule has 0 saturated heterocycles. The lowest BCUT2D eigenvalue weighted by atomic mass is 10.3. The molecule has 0 spiro atoms. The summed E-state index contributed by atoms with van der Waals surface area (Å²) < 4.78 is 48.4. The first-order valence-corrected chi connectivity index (χ1v) is 7.74. The molecule has 0 aliphatic carbocycles. The van der Waals surface area contributed by atoms with E-state index in [4.69, 9.17) is 32.7 Å². The molecule has 2 heterocycles. The zero-order valence-electron chi connectivity index (χ0n) is 12.7. The van der Waals surface area contributed by atoms with Gasteiger partial charge in [0, 0.05) is 12.3 Å². The molecule has 2 aromatic heterocycles. The van der Waals surface area contributed by atoms with Crippen LogP contribution in [-0.2, 0) is 6.18 Å². The van der Waals surface area contributed by atoms with Gasteiger partial charge in [-0.1, -0.05) is 11.6 Å². The summed E-state index contributed by atoms with van der Waals surface area (Å²) in [5.74, 6) is 0.868. The molecule has 0 fully saturated rings. The summed E-state index contributed by atoms with van der Waals surface area (Å²) in [6.07, 6.45) is -2.44. The number of benzene rings is 1. The molecule has 0 aliphatic rings. The van der Waals surface area contributed by atoms with Crippen molar-refractivity contribution in [2.75, 3.05) is 0 Å². The SMILES string of the molecule is FC(F)(F)c1ccc(Oc2ccc(Oc3nc(Cl)ncc3Cl)cc2)nc1. The molecular weight excluding hydrogens is 394 g/mol. The quantitative estimate of drug-likeness (QED) is 0.518. The van der Waals surface area contributed by atoms with Crippen LogP contribution >= 0.6 is 23.2 Å². The molecule has 0 N–H and O–H groups in total. The summed E-state index contributed by atoms with van der Waals surface area (Å²) in [6.45, 7) is 0. The van der Waals surface area contributed by atoms with Gasteiger partial charge in [-0.05, 0) is 41.9 Å². The summed E-state index contributed by atoms with van der Waals surface area (Å²) in [5, 5.41) is 0.168. The number of rotatable bonds is 4. The Morgan fingerprint density at radius 2 is 1.46 bits per heavy atom. The summed E-state index contributed by atoms with van der Waals surface area (Å²) in [6, 6.07) is 8.24. The van der Waals surface area contributed by atoms with Crippen molar-refractivity contribution in [1.82, 2.24) is 15.0 Å². The number of pyridine rings is 1. The smallest absolute Gasteiger partial charge is 0.417 e. The molecule has 1 aromatic carbocycles. The summed E-state index contributed by atoms with van der Waals surface area (Å²) >= 11 is 11.6. The summed E-state index contributed by atoms with van der Waals surface area (Å²) in [4.78, 5) is 11.2. The fraction of sp³-hybridized carbons (Fsp3) is 0.0625. The Kier molecular flexibility index (Phi) is 5.15. The monoisotopic (exact) mass is 401 g/mol. The Hall–Kier alpha value is -2.58. The van der Waals surface area contributed by atoms with E-state index in [2.05, 4.69) is 15.0 Å². The maximum atomic E-state index is 12.5. The van der Waals surface area contributed by atoms with Crippen molar-refractivity contribution in [3.63, 3.8) is 0 Å². The van der Waals surface area contributed by atoms with Crippen LogP contribution in [-0.4, -0.2) is 15.0 Å². The van der Waals surface area contributed by atoms with Crippen LogP contribution in [0.25, 0.3) is 0 Å². The third-order valence-electron chi connectivity index (χ3n) is 3.01. The van der Waals surface area contributed by atoms with Gasteiger partial charge in [0.15, 0.2) is 0 Å². The molecule has 0 atom stereocenters.